The molecule has 1 fully saturated rings. The largest absolute Gasteiger partial charge is 0.493 e. The minimum Gasteiger partial charge on any atom is -0.493 e. The third-order valence-corrected chi connectivity index (χ3v) is 5.45. The van der Waals surface area contributed by atoms with Crippen molar-refractivity contribution in [2.45, 2.75) is 24.7 Å². The molecular formula is C20H25BrIN3O2. The van der Waals surface area contributed by atoms with Gasteiger partial charge in [0.1, 0.15) is 0 Å². The number of halogens is 2. The first-order valence-corrected chi connectivity index (χ1v) is 9.41. The van der Waals surface area contributed by atoms with E-state index in [2.05, 4.69) is 44.4 Å². The van der Waals surface area contributed by atoms with Crippen LogP contribution in [0.3, 0.4) is 0 Å². The Morgan fingerprint density at radius 1 is 1.15 bits per heavy atom. The molecular weight excluding hydrogens is 521 g/mol. The fraction of sp³-hybridized carbons (Fsp3) is 0.350. The van der Waals surface area contributed by atoms with Gasteiger partial charge in [-0.05, 0) is 42.7 Å². The molecule has 0 aliphatic heterocycles. The number of nitrogens with two attached hydrogens (primary N) is 1. The molecule has 0 amide bonds. The van der Waals surface area contributed by atoms with Crippen molar-refractivity contribution in [1.82, 2.24) is 0 Å². The van der Waals surface area contributed by atoms with E-state index in [9.17, 15) is 0 Å². The quantitative estimate of drug-likeness (QED) is 0.307. The van der Waals surface area contributed by atoms with E-state index in [1.165, 1.54) is 12.0 Å². The van der Waals surface area contributed by atoms with E-state index in [-0.39, 0.29) is 29.4 Å². The zero-order valence-corrected chi connectivity index (χ0v) is 19.4. The van der Waals surface area contributed by atoms with E-state index < -0.39 is 0 Å². The molecule has 1 aliphatic rings. The van der Waals surface area contributed by atoms with Crippen LogP contribution >= 0.6 is 39.9 Å². The molecule has 27 heavy (non-hydrogen) atoms. The number of ether oxygens (including phenoxy) is 2. The maximum atomic E-state index is 6.12. The molecule has 146 valence electrons. The first-order valence-electron chi connectivity index (χ1n) is 8.61. The summed E-state index contributed by atoms with van der Waals surface area (Å²) in [7, 11) is 3.22. The maximum Gasteiger partial charge on any atom is 0.193 e. The van der Waals surface area contributed by atoms with Gasteiger partial charge in [0, 0.05) is 21.6 Å². The number of nitrogens with one attached hydrogen (secondary N) is 1. The number of hydrogen-bond donors (Lipinski definition) is 2. The molecule has 0 saturated heterocycles. The van der Waals surface area contributed by atoms with Crippen LogP contribution in [0.4, 0.5) is 5.69 Å². The minimum atomic E-state index is 0. The number of benzene rings is 2. The van der Waals surface area contributed by atoms with Crippen LogP contribution in [-0.2, 0) is 5.41 Å². The number of aliphatic imine (C=N–C) groups is 1. The number of guanidine groups is 1. The van der Waals surface area contributed by atoms with Crippen LogP contribution in [0.1, 0.15) is 24.8 Å². The van der Waals surface area contributed by atoms with Gasteiger partial charge in [0.15, 0.2) is 17.5 Å². The number of rotatable bonds is 6. The summed E-state index contributed by atoms with van der Waals surface area (Å²) in [4.78, 5) is 4.61. The summed E-state index contributed by atoms with van der Waals surface area (Å²) in [5.74, 6) is 1.73. The molecule has 0 bridgehead atoms. The van der Waals surface area contributed by atoms with Gasteiger partial charge in [-0.15, -0.1) is 24.0 Å². The SMILES string of the molecule is COc1ccc(NC(N)=NCC2(c3cccc(Br)c3)CCC2)cc1OC.I. The van der Waals surface area contributed by atoms with Gasteiger partial charge in [0.2, 0.25) is 0 Å². The highest BCUT2D eigenvalue weighted by molar-refractivity contribution is 14.0. The Hall–Kier alpha value is -1.48. The Labute approximate surface area is 185 Å². The first-order chi connectivity index (χ1) is 12.6. The lowest BCUT2D eigenvalue weighted by Gasteiger charge is -2.41. The van der Waals surface area contributed by atoms with Crippen molar-refractivity contribution in [3.05, 3.63) is 52.5 Å². The van der Waals surface area contributed by atoms with Gasteiger partial charge in [0.05, 0.1) is 20.8 Å². The molecule has 3 rings (SSSR count). The lowest BCUT2D eigenvalue weighted by Crippen LogP contribution is -2.38. The van der Waals surface area contributed by atoms with Crippen molar-refractivity contribution in [2.75, 3.05) is 26.1 Å². The van der Waals surface area contributed by atoms with Crippen LogP contribution in [0.5, 0.6) is 11.5 Å². The average molecular weight is 546 g/mol. The molecule has 1 saturated carbocycles. The van der Waals surface area contributed by atoms with Gasteiger partial charge >= 0.3 is 0 Å². The molecule has 0 spiro atoms. The molecule has 0 radical (unpaired) electrons. The van der Waals surface area contributed by atoms with Crippen LogP contribution in [0.2, 0.25) is 0 Å². The van der Waals surface area contributed by atoms with Gasteiger partial charge in [-0.2, -0.15) is 0 Å². The van der Waals surface area contributed by atoms with Gasteiger partial charge in [0.25, 0.3) is 0 Å². The highest BCUT2D eigenvalue weighted by Crippen LogP contribution is 2.44. The third kappa shape index (κ3) is 5.07. The van der Waals surface area contributed by atoms with Crippen LogP contribution in [-0.4, -0.2) is 26.7 Å². The minimum absolute atomic E-state index is 0. The molecule has 0 aromatic heterocycles. The molecule has 2 aromatic rings. The summed E-state index contributed by atoms with van der Waals surface area (Å²) in [6.07, 6.45) is 3.50. The zero-order valence-electron chi connectivity index (χ0n) is 15.5. The van der Waals surface area contributed by atoms with Crippen molar-refractivity contribution in [3.63, 3.8) is 0 Å². The van der Waals surface area contributed by atoms with Gasteiger partial charge in [-0.3, -0.25) is 4.99 Å². The number of nitrogens with zero attached hydrogens (tertiary/aromatic N) is 1. The summed E-state index contributed by atoms with van der Waals surface area (Å²) in [5, 5.41) is 3.13. The Morgan fingerprint density at radius 3 is 2.48 bits per heavy atom. The molecule has 2 aromatic carbocycles. The molecule has 0 unspecified atom stereocenters. The summed E-state index contributed by atoms with van der Waals surface area (Å²) in [6, 6.07) is 14.1. The van der Waals surface area contributed by atoms with E-state index in [0.717, 1.165) is 23.0 Å². The van der Waals surface area contributed by atoms with Crippen molar-refractivity contribution >= 4 is 51.6 Å². The zero-order chi connectivity index (χ0) is 18.6. The molecule has 3 N–H and O–H groups in total. The Morgan fingerprint density at radius 2 is 1.89 bits per heavy atom. The van der Waals surface area contributed by atoms with Crippen molar-refractivity contribution in [3.8, 4) is 11.5 Å². The Kier molecular flexibility index (Phi) is 7.79. The van der Waals surface area contributed by atoms with E-state index in [0.29, 0.717) is 24.0 Å². The summed E-state index contributed by atoms with van der Waals surface area (Å²) < 4.78 is 11.7. The highest BCUT2D eigenvalue weighted by Gasteiger charge is 2.38. The van der Waals surface area contributed by atoms with Gasteiger partial charge in [-0.25, -0.2) is 0 Å². The van der Waals surface area contributed by atoms with Crippen LogP contribution in [0.25, 0.3) is 0 Å². The number of anilines is 1. The number of methoxy groups -OCH3 is 2. The van der Waals surface area contributed by atoms with Crippen LogP contribution in [0, 0.1) is 0 Å². The fourth-order valence-corrected chi connectivity index (χ4v) is 3.70. The molecule has 0 atom stereocenters. The standard InChI is InChI=1S/C20H24BrN3O2.HI/c1-25-17-8-7-16(12-18(17)26-2)24-19(22)23-13-20(9-4-10-20)14-5-3-6-15(21)11-14;/h3,5-8,11-12H,4,9-10,13H2,1-2H3,(H3,22,23,24);1H. The van der Waals surface area contributed by atoms with E-state index in [1.54, 1.807) is 14.2 Å². The van der Waals surface area contributed by atoms with Crippen molar-refractivity contribution < 1.29 is 9.47 Å². The monoisotopic (exact) mass is 545 g/mol. The predicted octanol–water partition coefficient (Wildman–Crippen LogP) is 4.93. The smallest absolute Gasteiger partial charge is 0.193 e. The van der Waals surface area contributed by atoms with E-state index in [4.69, 9.17) is 15.2 Å². The van der Waals surface area contributed by atoms with Crippen LogP contribution < -0.4 is 20.5 Å². The average Bonchev–Trinajstić information content (AvgIpc) is 2.60. The summed E-state index contributed by atoms with van der Waals surface area (Å²) in [5.41, 5.74) is 8.34. The highest BCUT2D eigenvalue weighted by atomic mass is 127. The maximum absolute atomic E-state index is 6.12. The second-order valence-electron chi connectivity index (χ2n) is 6.54. The van der Waals surface area contributed by atoms with Gasteiger partial charge in [-0.1, -0.05) is 34.5 Å². The molecule has 5 nitrogen and oxygen atoms in total. The van der Waals surface area contributed by atoms with Crippen LogP contribution in [0.15, 0.2) is 51.9 Å². The topological polar surface area (TPSA) is 68.9 Å². The second-order valence-corrected chi connectivity index (χ2v) is 7.46. The first kappa shape index (κ1) is 21.8. The predicted molar refractivity (Wildman–Crippen MR) is 125 cm³/mol. The van der Waals surface area contributed by atoms with Gasteiger partial charge < -0.3 is 20.5 Å². The Bertz CT molecular complexity index is 810. The lowest BCUT2D eigenvalue weighted by atomic mass is 9.64. The lowest BCUT2D eigenvalue weighted by molar-refractivity contribution is 0.253. The molecule has 1 aliphatic carbocycles. The van der Waals surface area contributed by atoms with Crippen molar-refractivity contribution in [2.24, 2.45) is 10.7 Å². The number of hydrogen-bond acceptors (Lipinski definition) is 3. The molecule has 7 heteroatoms. The normalized spacial score (nSPS) is 15.3. The van der Waals surface area contributed by atoms with Crippen molar-refractivity contribution in [1.29, 1.82) is 0 Å². The molecule has 0 heterocycles. The third-order valence-electron chi connectivity index (χ3n) is 4.96. The van der Waals surface area contributed by atoms with E-state index in [1.807, 2.05) is 24.3 Å². The summed E-state index contributed by atoms with van der Waals surface area (Å²) in [6.45, 7) is 0.676. The summed E-state index contributed by atoms with van der Waals surface area (Å²) >= 11 is 3.56. The Balaban J connectivity index is 0.00000261. The second kappa shape index (κ2) is 9.64. The fourth-order valence-electron chi connectivity index (χ4n) is 3.30. The van der Waals surface area contributed by atoms with E-state index >= 15 is 0 Å².